The van der Waals surface area contributed by atoms with Gasteiger partial charge in [0.25, 0.3) is 11.4 Å². The summed E-state index contributed by atoms with van der Waals surface area (Å²) in [5, 5.41) is 18.6. The van der Waals surface area contributed by atoms with E-state index in [-0.39, 0.29) is 22.2 Å². The topological polar surface area (TPSA) is 56.3 Å². The Balaban J connectivity index is 1.18. The van der Waals surface area contributed by atoms with Crippen LogP contribution >= 0.6 is 56.7 Å². The summed E-state index contributed by atoms with van der Waals surface area (Å²) in [6.45, 7) is 14.6. The minimum Gasteiger partial charge on any atom is -0.227 e. The minimum absolute atomic E-state index is 0.0220. The van der Waals surface area contributed by atoms with Gasteiger partial charge in [-0.2, -0.15) is 0 Å². The molecule has 4 aliphatic carbocycles. The number of nitriles is 2. The van der Waals surface area contributed by atoms with E-state index >= 15 is 0 Å². The van der Waals surface area contributed by atoms with Crippen LogP contribution in [0.4, 0.5) is 0 Å². The van der Waals surface area contributed by atoms with E-state index in [1.807, 2.05) is 52.2 Å². The molecule has 0 unspecified atom stereocenters. The van der Waals surface area contributed by atoms with E-state index in [2.05, 4.69) is 40.0 Å². The third kappa shape index (κ3) is 4.58. The van der Waals surface area contributed by atoms with Crippen LogP contribution in [0.5, 0.6) is 0 Å². The van der Waals surface area contributed by atoms with Crippen LogP contribution in [0.3, 0.4) is 0 Å². The van der Waals surface area contributed by atoms with Crippen LogP contribution in [0.15, 0.2) is 41.7 Å². The Labute approximate surface area is 305 Å². The fraction of sp³-hybridized carbons (Fsp3) is 0.300. The molecule has 2 spiro atoms. The van der Waals surface area contributed by atoms with Gasteiger partial charge in [-0.15, -0.1) is 56.7 Å². The SMILES string of the molecule is [C-]#[N+]/C(C#N)=C\c1ccc(-c2cc3sc4c(c3s2)C2(CCCCC2)c2c-4sc3c2C2(CCCCC2)C(c2ccc(/C=C(\C#N)[N+]#[C-])s2)=C3)s1. The maximum Gasteiger partial charge on any atom is 0.263 e. The molecular formula is C40H28N4S5. The normalized spacial score (nSPS) is 18.8. The summed E-state index contributed by atoms with van der Waals surface area (Å²) < 4.78 is 2.85. The van der Waals surface area contributed by atoms with E-state index in [1.54, 1.807) is 51.5 Å². The van der Waals surface area contributed by atoms with Gasteiger partial charge < -0.3 is 0 Å². The third-order valence-electron chi connectivity index (χ3n) is 10.9. The van der Waals surface area contributed by atoms with Gasteiger partial charge in [-0.1, -0.05) is 38.5 Å². The molecule has 5 heterocycles. The van der Waals surface area contributed by atoms with Crippen LogP contribution in [0.2, 0.25) is 0 Å². The van der Waals surface area contributed by atoms with Gasteiger partial charge in [-0.25, -0.2) is 20.2 Å². The molecule has 5 aromatic heterocycles. The molecule has 0 aromatic carbocycles. The smallest absolute Gasteiger partial charge is 0.227 e. The summed E-state index contributed by atoms with van der Waals surface area (Å²) in [7, 11) is 0. The second kappa shape index (κ2) is 11.8. The van der Waals surface area contributed by atoms with E-state index < -0.39 is 0 Å². The minimum atomic E-state index is 0.0220. The Bertz CT molecular complexity index is 2430. The van der Waals surface area contributed by atoms with E-state index in [1.165, 1.54) is 108 Å². The van der Waals surface area contributed by atoms with Crippen molar-refractivity contribution in [1.82, 2.24) is 0 Å². The number of rotatable bonds is 4. The number of fused-ring (bicyclic) bond motifs is 10. The van der Waals surface area contributed by atoms with Crippen LogP contribution in [-0.4, -0.2) is 0 Å². The zero-order chi connectivity index (χ0) is 33.3. The van der Waals surface area contributed by atoms with Crippen molar-refractivity contribution < 1.29 is 0 Å². The maximum absolute atomic E-state index is 9.38. The molecule has 0 N–H and O–H groups in total. The molecule has 0 aliphatic heterocycles. The van der Waals surface area contributed by atoms with Gasteiger partial charge >= 0.3 is 0 Å². The van der Waals surface area contributed by atoms with Crippen molar-refractivity contribution in [2.45, 2.75) is 75.0 Å². The first-order valence-corrected chi connectivity index (χ1v) is 20.8. The Hall–Kier alpha value is -4.06. The highest BCUT2D eigenvalue weighted by Gasteiger charge is 2.55. The molecule has 0 amide bonds. The summed E-state index contributed by atoms with van der Waals surface area (Å²) in [5.74, 6) is 0. The Morgan fingerprint density at radius 3 is 1.88 bits per heavy atom. The average Bonchev–Trinajstić information content (AvgIpc) is 3.98. The first-order valence-electron chi connectivity index (χ1n) is 16.7. The van der Waals surface area contributed by atoms with Crippen LogP contribution in [-0.2, 0) is 10.8 Å². The van der Waals surface area contributed by atoms with Crippen molar-refractivity contribution in [1.29, 1.82) is 10.5 Å². The Morgan fingerprint density at radius 1 is 0.653 bits per heavy atom. The molecule has 4 aliphatic rings. The second-order valence-corrected chi connectivity index (χ2v) is 18.8. The number of thiophene rings is 5. The number of nitrogens with zero attached hydrogens (tertiary/aromatic N) is 4. The lowest BCUT2D eigenvalue weighted by atomic mass is 9.61. The van der Waals surface area contributed by atoms with Gasteiger partial charge in [0.1, 0.15) is 0 Å². The molecule has 238 valence electrons. The van der Waals surface area contributed by atoms with E-state index in [0.717, 1.165) is 9.75 Å². The lowest BCUT2D eigenvalue weighted by Crippen LogP contribution is -2.34. The highest BCUT2D eigenvalue weighted by atomic mass is 32.1. The fourth-order valence-corrected chi connectivity index (χ4v) is 15.5. The monoisotopic (exact) mass is 724 g/mol. The van der Waals surface area contributed by atoms with Gasteiger partial charge in [0, 0.05) is 55.2 Å². The predicted molar refractivity (Wildman–Crippen MR) is 208 cm³/mol. The Kier molecular flexibility index (Phi) is 7.44. The molecule has 5 aromatic rings. The molecule has 9 rings (SSSR count). The summed E-state index contributed by atoms with van der Waals surface area (Å²) in [6.07, 6.45) is 18.3. The Morgan fingerprint density at radius 2 is 1.24 bits per heavy atom. The van der Waals surface area contributed by atoms with E-state index in [0.29, 0.717) is 0 Å². The third-order valence-corrected chi connectivity index (χ3v) is 16.9. The number of allylic oxidation sites excluding steroid dienone is 3. The average molecular weight is 725 g/mol. The molecule has 0 saturated heterocycles. The van der Waals surface area contributed by atoms with Gasteiger partial charge in [-0.3, -0.25) is 0 Å². The summed E-state index contributed by atoms with van der Waals surface area (Å²) in [6, 6.07) is 14.9. The zero-order valence-corrected chi connectivity index (χ0v) is 30.6. The molecule has 0 radical (unpaired) electrons. The maximum atomic E-state index is 9.38. The van der Waals surface area contributed by atoms with Gasteiger partial charge in [0.15, 0.2) is 0 Å². The number of hydrogen-bond donors (Lipinski definition) is 0. The second-order valence-electron chi connectivity index (χ2n) is 13.4. The van der Waals surface area contributed by atoms with E-state index in [4.69, 9.17) is 13.1 Å². The fourth-order valence-electron chi connectivity index (χ4n) is 9.00. The van der Waals surface area contributed by atoms with Crippen LogP contribution in [0, 0.1) is 35.8 Å². The van der Waals surface area contributed by atoms with Crippen molar-refractivity contribution in [2.75, 3.05) is 0 Å². The van der Waals surface area contributed by atoms with Crippen LogP contribution in [0.1, 0.15) is 100 Å². The first-order chi connectivity index (χ1) is 24.0. The van der Waals surface area contributed by atoms with Gasteiger partial charge in [0.2, 0.25) is 0 Å². The quantitative estimate of drug-likeness (QED) is 0.137. The highest BCUT2D eigenvalue weighted by Crippen LogP contribution is 2.70. The van der Waals surface area contributed by atoms with E-state index in [9.17, 15) is 10.5 Å². The van der Waals surface area contributed by atoms with Crippen LogP contribution < -0.4 is 0 Å². The summed E-state index contributed by atoms with van der Waals surface area (Å²) >= 11 is 9.35. The van der Waals surface area contributed by atoms with Crippen molar-refractivity contribution in [3.63, 3.8) is 0 Å². The highest BCUT2D eigenvalue weighted by molar-refractivity contribution is 7.34. The van der Waals surface area contributed by atoms with Crippen molar-refractivity contribution in [3.8, 4) is 31.6 Å². The van der Waals surface area contributed by atoms with Crippen molar-refractivity contribution in [2.24, 2.45) is 0 Å². The molecule has 49 heavy (non-hydrogen) atoms. The molecule has 9 heteroatoms. The summed E-state index contributed by atoms with van der Waals surface area (Å²) in [4.78, 5) is 16.9. The van der Waals surface area contributed by atoms with Crippen LogP contribution in [0.25, 0.3) is 62.4 Å². The molecule has 2 saturated carbocycles. The van der Waals surface area contributed by atoms with Gasteiger partial charge in [0.05, 0.1) is 34.9 Å². The lowest BCUT2D eigenvalue weighted by molar-refractivity contribution is 0.335. The molecule has 2 fully saturated rings. The lowest BCUT2D eigenvalue weighted by Gasteiger charge is -2.42. The largest absolute Gasteiger partial charge is 0.263 e. The van der Waals surface area contributed by atoms with Gasteiger partial charge in [-0.05, 0) is 90.9 Å². The number of hydrogen-bond acceptors (Lipinski definition) is 7. The first kappa shape index (κ1) is 31.0. The molecule has 0 bridgehead atoms. The summed E-state index contributed by atoms with van der Waals surface area (Å²) in [5.41, 5.74) is 6.72. The zero-order valence-electron chi connectivity index (χ0n) is 26.5. The van der Waals surface area contributed by atoms with Crippen molar-refractivity contribution in [3.05, 3.63) is 101 Å². The standard InChI is InChI=1S/C40H28N4S5/c1-43-23(21-41)17-25-9-11-28(45-25)27-19-31-33(39(27)13-5-3-6-14-39)34-37(48-31)38-35(40(34)15-7-4-8-16-40)36-32(49-38)20-30(47-36)29-12-10-26(46-29)18-24(22-42)44-2/h9-12,17-20H,3-8,13-16H2/b23-17+,24-18-. The predicted octanol–water partition coefficient (Wildman–Crippen LogP) is 13.4. The van der Waals surface area contributed by atoms with Crippen molar-refractivity contribution >= 4 is 89.9 Å². The molecule has 0 atom stereocenters. The molecule has 4 nitrogen and oxygen atoms in total. The molecular weight excluding hydrogens is 697 g/mol.